The molecule has 0 radical (unpaired) electrons. The number of amides is 1. The van der Waals surface area contributed by atoms with E-state index in [0.29, 0.717) is 6.54 Å². The summed E-state index contributed by atoms with van der Waals surface area (Å²) in [5.41, 5.74) is 0.345. The van der Waals surface area contributed by atoms with Gasteiger partial charge in [0, 0.05) is 6.20 Å². The van der Waals surface area contributed by atoms with E-state index in [1.165, 1.54) is 0 Å². The Morgan fingerprint density at radius 2 is 2.42 bits per heavy atom. The van der Waals surface area contributed by atoms with Crippen molar-refractivity contribution in [3.8, 4) is 0 Å². The zero-order chi connectivity index (χ0) is 13.3. The van der Waals surface area contributed by atoms with Crippen LogP contribution in [0.25, 0.3) is 5.65 Å². The number of aromatic nitrogens is 3. The van der Waals surface area contributed by atoms with Crippen molar-refractivity contribution < 1.29 is 4.79 Å². The summed E-state index contributed by atoms with van der Waals surface area (Å²) in [4.78, 5) is 12.2. The number of hydrogen-bond acceptors (Lipinski definition) is 4. The van der Waals surface area contributed by atoms with E-state index in [1.807, 2.05) is 35.7 Å². The molecule has 1 atom stereocenters. The van der Waals surface area contributed by atoms with E-state index in [4.69, 9.17) is 0 Å². The van der Waals surface area contributed by atoms with E-state index in [1.54, 1.807) is 0 Å². The molecule has 3 rings (SSSR count). The average molecular weight is 259 g/mol. The molecule has 1 aliphatic rings. The molecule has 2 N–H and O–H groups in total. The minimum Gasteiger partial charge on any atom is -0.347 e. The van der Waals surface area contributed by atoms with Gasteiger partial charge in [0.2, 0.25) is 5.91 Å². The maximum Gasteiger partial charge on any atom is 0.240 e. The molecule has 2 aromatic heterocycles. The molecule has 1 amide bonds. The molecular weight excluding hydrogens is 242 g/mol. The average Bonchev–Trinajstić information content (AvgIpc) is 3.03. The van der Waals surface area contributed by atoms with Crippen molar-refractivity contribution in [2.45, 2.75) is 31.8 Å². The molecule has 0 bridgehead atoms. The van der Waals surface area contributed by atoms with Gasteiger partial charge in [-0.15, -0.1) is 10.2 Å². The van der Waals surface area contributed by atoms with Gasteiger partial charge < -0.3 is 10.6 Å². The molecular formula is C13H17N5O. The van der Waals surface area contributed by atoms with Gasteiger partial charge in [-0.1, -0.05) is 6.07 Å². The summed E-state index contributed by atoms with van der Waals surface area (Å²) in [5, 5.41) is 14.3. The second-order valence-corrected chi connectivity index (χ2v) is 5.09. The Bertz CT molecular complexity index is 600. The van der Waals surface area contributed by atoms with Gasteiger partial charge in [0.15, 0.2) is 11.5 Å². The summed E-state index contributed by atoms with van der Waals surface area (Å²) >= 11 is 0. The summed E-state index contributed by atoms with van der Waals surface area (Å²) in [7, 11) is 0. The predicted molar refractivity (Wildman–Crippen MR) is 70.5 cm³/mol. The van der Waals surface area contributed by atoms with Crippen molar-refractivity contribution in [2.75, 3.05) is 6.54 Å². The van der Waals surface area contributed by atoms with E-state index >= 15 is 0 Å². The smallest absolute Gasteiger partial charge is 0.240 e. The Labute approximate surface area is 111 Å². The first kappa shape index (κ1) is 12.1. The molecule has 0 aromatic carbocycles. The topological polar surface area (TPSA) is 71.3 Å². The van der Waals surface area contributed by atoms with Gasteiger partial charge in [0.25, 0.3) is 0 Å². The van der Waals surface area contributed by atoms with Crippen LogP contribution in [0.5, 0.6) is 0 Å². The number of rotatable bonds is 3. The van der Waals surface area contributed by atoms with E-state index in [-0.39, 0.29) is 5.91 Å². The number of carbonyl (C=O) groups excluding carboxylic acids is 1. The lowest BCUT2D eigenvalue weighted by atomic mass is 9.99. The quantitative estimate of drug-likeness (QED) is 0.841. The summed E-state index contributed by atoms with van der Waals surface area (Å²) in [6.07, 6.45) is 3.81. The monoisotopic (exact) mass is 259 g/mol. The molecule has 6 heteroatoms. The second-order valence-electron chi connectivity index (χ2n) is 5.09. The van der Waals surface area contributed by atoms with Gasteiger partial charge in [0.1, 0.15) is 0 Å². The molecule has 0 aliphatic carbocycles. The maximum atomic E-state index is 12.2. The molecule has 1 fully saturated rings. The fraction of sp³-hybridized carbons (Fsp3) is 0.462. The molecule has 1 unspecified atom stereocenters. The summed E-state index contributed by atoms with van der Waals surface area (Å²) in [5.74, 6) is 0.767. The minimum atomic E-state index is -0.444. The fourth-order valence-electron chi connectivity index (χ4n) is 2.45. The Balaban J connectivity index is 1.71. The third kappa shape index (κ3) is 2.19. The van der Waals surface area contributed by atoms with Crippen LogP contribution in [0.1, 0.15) is 25.6 Å². The number of fused-ring (bicyclic) bond motifs is 1. The normalized spacial score (nSPS) is 22.8. The molecule has 1 saturated heterocycles. The van der Waals surface area contributed by atoms with E-state index in [0.717, 1.165) is 30.9 Å². The molecule has 0 spiro atoms. The van der Waals surface area contributed by atoms with Crippen LogP contribution in [0.3, 0.4) is 0 Å². The predicted octanol–water partition coefficient (Wildman–Crippen LogP) is 0.488. The lowest BCUT2D eigenvalue weighted by molar-refractivity contribution is -0.126. The van der Waals surface area contributed by atoms with Gasteiger partial charge in [-0.2, -0.15) is 0 Å². The molecule has 3 heterocycles. The molecule has 6 nitrogen and oxygen atoms in total. The minimum absolute atomic E-state index is 0.0256. The third-order valence-corrected chi connectivity index (χ3v) is 3.66. The van der Waals surface area contributed by atoms with Crippen molar-refractivity contribution >= 4 is 11.6 Å². The number of nitrogens with one attached hydrogen (secondary N) is 2. The Morgan fingerprint density at radius 3 is 3.21 bits per heavy atom. The van der Waals surface area contributed by atoms with Gasteiger partial charge in [0.05, 0.1) is 12.1 Å². The summed E-state index contributed by atoms with van der Waals surface area (Å²) < 4.78 is 1.88. The van der Waals surface area contributed by atoms with Crippen LogP contribution in [0.2, 0.25) is 0 Å². The van der Waals surface area contributed by atoms with Crippen LogP contribution in [-0.2, 0) is 11.3 Å². The highest BCUT2D eigenvalue weighted by molar-refractivity contribution is 5.86. The van der Waals surface area contributed by atoms with E-state index < -0.39 is 5.54 Å². The van der Waals surface area contributed by atoms with E-state index in [2.05, 4.69) is 20.8 Å². The van der Waals surface area contributed by atoms with Crippen molar-refractivity contribution in [2.24, 2.45) is 0 Å². The highest BCUT2D eigenvalue weighted by Crippen LogP contribution is 2.18. The maximum absolute atomic E-state index is 12.2. The zero-order valence-electron chi connectivity index (χ0n) is 10.9. The van der Waals surface area contributed by atoms with Gasteiger partial charge in [-0.05, 0) is 38.4 Å². The van der Waals surface area contributed by atoms with Crippen molar-refractivity contribution in [3.63, 3.8) is 0 Å². The van der Waals surface area contributed by atoms with Crippen LogP contribution in [0, 0.1) is 0 Å². The van der Waals surface area contributed by atoms with Crippen LogP contribution in [0.4, 0.5) is 0 Å². The molecule has 100 valence electrons. The van der Waals surface area contributed by atoms with Gasteiger partial charge in [-0.25, -0.2) is 0 Å². The van der Waals surface area contributed by atoms with Gasteiger partial charge in [-0.3, -0.25) is 9.20 Å². The molecule has 1 aliphatic heterocycles. The first-order valence-corrected chi connectivity index (χ1v) is 6.51. The van der Waals surface area contributed by atoms with Crippen LogP contribution < -0.4 is 10.6 Å². The number of nitrogens with zero attached hydrogens (tertiary/aromatic N) is 3. The van der Waals surface area contributed by atoms with Crippen molar-refractivity contribution in [1.29, 1.82) is 0 Å². The number of pyridine rings is 1. The molecule has 0 saturated carbocycles. The Kier molecular flexibility index (Phi) is 2.94. The SMILES string of the molecule is CC1(C(=O)NCc2nnc3ccccn23)CCCN1. The third-order valence-electron chi connectivity index (χ3n) is 3.66. The largest absolute Gasteiger partial charge is 0.347 e. The highest BCUT2D eigenvalue weighted by Gasteiger charge is 2.35. The Hall–Kier alpha value is -1.95. The standard InChI is InChI=1S/C13H17N5O/c1-13(6-4-7-15-13)12(19)14-9-11-17-16-10-5-2-3-8-18(10)11/h2-3,5,8,15H,4,6-7,9H2,1H3,(H,14,19). The highest BCUT2D eigenvalue weighted by atomic mass is 16.2. The van der Waals surface area contributed by atoms with Crippen LogP contribution in [0.15, 0.2) is 24.4 Å². The Morgan fingerprint density at radius 1 is 1.53 bits per heavy atom. The number of hydrogen-bond donors (Lipinski definition) is 2. The summed E-state index contributed by atoms with van der Waals surface area (Å²) in [6.45, 7) is 3.23. The zero-order valence-corrected chi connectivity index (χ0v) is 10.9. The lowest BCUT2D eigenvalue weighted by Gasteiger charge is -2.22. The van der Waals surface area contributed by atoms with E-state index in [9.17, 15) is 4.79 Å². The van der Waals surface area contributed by atoms with Crippen LogP contribution in [-0.4, -0.2) is 32.6 Å². The number of carbonyl (C=O) groups is 1. The van der Waals surface area contributed by atoms with Crippen molar-refractivity contribution in [1.82, 2.24) is 25.2 Å². The lowest BCUT2D eigenvalue weighted by Crippen LogP contribution is -2.51. The fourth-order valence-corrected chi connectivity index (χ4v) is 2.45. The second kappa shape index (κ2) is 4.62. The first-order chi connectivity index (χ1) is 9.19. The summed E-state index contributed by atoms with van der Waals surface area (Å²) in [6, 6.07) is 5.72. The molecule has 2 aromatic rings. The van der Waals surface area contributed by atoms with Gasteiger partial charge >= 0.3 is 0 Å². The van der Waals surface area contributed by atoms with Crippen LogP contribution >= 0.6 is 0 Å². The first-order valence-electron chi connectivity index (χ1n) is 6.51. The van der Waals surface area contributed by atoms with Crippen molar-refractivity contribution in [3.05, 3.63) is 30.2 Å². The molecule has 19 heavy (non-hydrogen) atoms.